The van der Waals surface area contributed by atoms with Gasteiger partial charge >= 0.3 is 0 Å². The van der Waals surface area contributed by atoms with E-state index < -0.39 is 0 Å². The fourth-order valence-electron chi connectivity index (χ4n) is 0.946. The molecule has 1 aromatic rings. The van der Waals surface area contributed by atoms with E-state index in [0.29, 0.717) is 5.56 Å². The van der Waals surface area contributed by atoms with Crippen molar-refractivity contribution in [2.24, 2.45) is 0 Å². The van der Waals surface area contributed by atoms with Gasteiger partial charge < -0.3 is 5.11 Å². The second-order valence-electron chi connectivity index (χ2n) is 2.68. The SMILES string of the molecule is CC(Br)C(=O)c1cc(O)cc(I)c1. The first-order valence-electron chi connectivity index (χ1n) is 3.68. The summed E-state index contributed by atoms with van der Waals surface area (Å²) in [5.74, 6) is 0.109. The number of phenolic OH excluding ortho intramolecular Hbond substituents is 1. The predicted molar refractivity (Wildman–Crippen MR) is 63.5 cm³/mol. The average Bonchev–Trinajstić information content (AvgIpc) is 2.01. The molecule has 1 aromatic carbocycles. The zero-order valence-corrected chi connectivity index (χ0v) is 10.7. The molecule has 1 unspecified atom stereocenters. The van der Waals surface area contributed by atoms with Crippen LogP contribution in [0, 0.1) is 3.57 Å². The Balaban J connectivity index is 3.08. The van der Waals surface area contributed by atoms with Gasteiger partial charge in [-0.05, 0) is 47.7 Å². The number of carbonyl (C=O) groups is 1. The second kappa shape index (κ2) is 4.41. The molecular weight excluding hydrogens is 347 g/mol. The Morgan fingerprint density at radius 1 is 1.54 bits per heavy atom. The highest BCUT2D eigenvalue weighted by molar-refractivity contribution is 14.1. The van der Waals surface area contributed by atoms with Crippen LogP contribution >= 0.6 is 38.5 Å². The molecule has 0 aliphatic rings. The summed E-state index contributed by atoms with van der Waals surface area (Å²) in [5.41, 5.74) is 0.536. The lowest BCUT2D eigenvalue weighted by molar-refractivity contribution is 0.0995. The van der Waals surface area contributed by atoms with Gasteiger partial charge in [-0.25, -0.2) is 0 Å². The van der Waals surface area contributed by atoms with E-state index in [-0.39, 0.29) is 16.4 Å². The Hall–Kier alpha value is -0.100. The Morgan fingerprint density at radius 2 is 2.15 bits per heavy atom. The number of rotatable bonds is 2. The number of hydrogen-bond donors (Lipinski definition) is 1. The van der Waals surface area contributed by atoms with E-state index >= 15 is 0 Å². The van der Waals surface area contributed by atoms with Crippen LogP contribution < -0.4 is 0 Å². The van der Waals surface area contributed by atoms with Crippen molar-refractivity contribution in [2.75, 3.05) is 0 Å². The van der Waals surface area contributed by atoms with Gasteiger partial charge in [-0.1, -0.05) is 15.9 Å². The summed E-state index contributed by atoms with van der Waals surface area (Å²) in [4.78, 5) is 11.3. The zero-order valence-electron chi connectivity index (χ0n) is 6.92. The first-order chi connectivity index (χ1) is 6.00. The third kappa shape index (κ3) is 2.95. The number of halogens is 2. The minimum absolute atomic E-state index is 0.0196. The summed E-state index contributed by atoms with van der Waals surface area (Å²) in [6, 6.07) is 4.83. The van der Waals surface area contributed by atoms with Gasteiger partial charge in [0.2, 0.25) is 0 Å². The van der Waals surface area contributed by atoms with Gasteiger partial charge in [-0.15, -0.1) is 0 Å². The molecule has 0 spiro atoms. The molecule has 2 nitrogen and oxygen atoms in total. The lowest BCUT2D eigenvalue weighted by Gasteiger charge is -2.03. The largest absolute Gasteiger partial charge is 0.508 e. The number of alkyl halides is 1. The van der Waals surface area contributed by atoms with Crippen LogP contribution in [0.4, 0.5) is 0 Å². The summed E-state index contributed by atoms with van der Waals surface area (Å²) in [6.45, 7) is 1.76. The predicted octanol–water partition coefficient (Wildman–Crippen LogP) is 2.96. The first kappa shape index (κ1) is 11.0. The zero-order chi connectivity index (χ0) is 10.0. The Kier molecular flexibility index (Phi) is 3.73. The quantitative estimate of drug-likeness (QED) is 0.503. The van der Waals surface area contributed by atoms with Crippen molar-refractivity contribution >= 4 is 44.3 Å². The number of hydrogen-bond acceptors (Lipinski definition) is 2. The number of carbonyl (C=O) groups excluding carboxylic acids is 1. The summed E-state index contributed by atoms with van der Waals surface area (Å²) < 4.78 is 0.856. The fourth-order valence-corrected chi connectivity index (χ4v) is 1.86. The van der Waals surface area contributed by atoms with Crippen molar-refractivity contribution in [1.29, 1.82) is 0 Å². The molecule has 0 aromatic heterocycles. The molecule has 13 heavy (non-hydrogen) atoms. The van der Waals surface area contributed by atoms with Crippen LogP contribution in [0.15, 0.2) is 18.2 Å². The van der Waals surface area contributed by atoms with Crippen LogP contribution in [-0.4, -0.2) is 15.7 Å². The Labute approximate surface area is 98.6 Å². The Bertz CT molecular complexity index is 316. The average molecular weight is 355 g/mol. The van der Waals surface area contributed by atoms with Crippen LogP contribution in [0.5, 0.6) is 5.75 Å². The second-order valence-corrected chi connectivity index (χ2v) is 5.30. The maximum absolute atomic E-state index is 11.5. The lowest BCUT2D eigenvalue weighted by Crippen LogP contribution is -2.09. The Morgan fingerprint density at radius 3 is 2.62 bits per heavy atom. The van der Waals surface area contributed by atoms with E-state index in [1.807, 2.05) is 0 Å². The van der Waals surface area contributed by atoms with Crippen molar-refractivity contribution in [2.45, 2.75) is 11.8 Å². The molecule has 0 aliphatic carbocycles. The van der Waals surface area contributed by atoms with Crippen LogP contribution in [0.2, 0.25) is 0 Å². The van der Waals surface area contributed by atoms with Gasteiger partial charge in [0.1, 0.15) is 5.75 Å². The monoisotopic (exact) mass is 354 g/mol. The van der Waals surface area contributed by atoms with Crippen molar-refractivity contribution in [3.63, 3.8) is 0 Å². The smallest absolute Gasteiger partial charge is 0.176 e. The molecule has 1 rings (SSSR count). The maximum Gasteiger partial charge on any atom is 0.176 e. The van der Waals surface area contributed by atoms with E-state index in [2.05, 4.69) is 38.5 Å². The minimum Gasteiger partial charge on any atom is -0.508 e. The highest BCUT2D eigenvalue weighted by atomic mass is 127. The van der Waals surface area contributed by atoms with E-state index in [4.69, 9.17) is 0 Å². The van der Waals surface area contributed by atoms with Gasteiger partial charge in [0, 0.05) is 9.13 Å². The molecule has 0 radical (unpaired) electrons. The van der Waals surface area contributed by atoms with Crippen molar-refractivity contribution in [1.82, 2.24) is 0 Å². The molecule has 0 aliphatic heterocycles. The molecule has 0 saturated heterocycles. The summed E-state index contributed by atoms with van der Waals surface area (Å²) in [5, 5.41) is 9.25. The van der Waals surface area contributed by atoms with E-state index in [1.165, 1.54) is 6.07 Å². The van der Waals surface area contributed by atoms with Crippen LogP contribution in [0.3, 0.4) is 0 Å². The van der Waals surface area contributed by atoms with Gasteiger partial charge in [0.15, 0.2) is 5.78 Å². The highest BCUT2D eigenvalue weighted by Crippen LogP contribution is 2.19. The fraction of sp³-hybridized carbons (Fsp3) is 0.222. The lowest BCUT2D eigenvalue weighted by atomic mass is 10.1. The summed E-state index contributed by atoms with van der Waals surface area (Å²) in [7, 11) is 0. The van der Waals surface area contributed by atoms with E-state index in [0.717, 1.165) is 3.57 Å². The standard InChI is InChI=1S/C9H8BrIO2/c1-5(10)9(13)6-2-7(11)4-8(12)3-6/h2-5,12H,1H3. The normalized spacial score (nSPS) is 12.5. The van der Waals surface area contributed by atoms with Gasteiger partial charge in [-0.2, -0.15) is 0 Å². The summed E-state index contributed by atoms with van der Waals surface area (Å²) in [6.07, 6.45) is 0. The molecule has 1 N–H and O–H groups in total. The van der Waals surface area contributed by atoms with Gasteiger partial charge in [0.25, 0.3) is 0 Å². The van der Waals surface area contributed by atoms with Crippen molar-refractivity contribution in [3.8, 4) is 5.75 Å². The number of ketones is 1. The molecule has 4 heteroatoms. The molecular formula is C9H8BrIO2. The summed E-state index contributed by atoms with van der Waals surface area (Å²) >= 11 is 5.25. The number of Topliss-reactive ketones (excluding diaryl/α,β-unsaturated/α-hetero) is 1. The number of aromatic hydroxyl groups is 1. The van der Waals surface area contributed by atoms with Crippen molar-refractivity contribution in [3.05, 3.63) is 27.3 Å². The van der Waals surface area contributed by atoms with E-state index in [9.17, 15) is 9.90 Å². The number of benzene rings is 1. The minimum atomic E-state index is -0.218. The highest BCUT2D eigenvalue weighted by Gasteiger charge is 2.12. The van der Waals surface area contributed by atoms with Crippen molar-refractivity contribution < 1.29 is 9.90 Å². The van der Waals surface area contributed by atoms with Crippen LogP contribution in [0.25, 0.3) is 0 Å². The molecule has 0 amide bonds. The first-order valence-corrected chi connectivity index (χ1v) is 5.68. The molecule has 0 bridgehead atoms. The van der Waals surface area contributed by atoms with Gasteiger partial charge in [0.05, 0.1) is 4.83 Å². The molecule has 0 heterocycles. The topological polar surface area (TPSA) is 37.3 Å². The number of phenols is 1. The van der Waals surface area contributed by atoms with Crippen LogP contribution in [-0.2, 0) is 0 Å². The molecule has 0 fully saturated rings. The third-order valence-corrected chi connectivity index (χ3v) is 2.57. The third-order valence-electron chi connectivity index (χ3n) is 1.53. The molecule has 70 valence electrons. The molecule has 0 saturated carbocycles. The van der Waals surface area contributed by atoms with Gasteiger partial charge in [-0.3, -0.25) is 4.79 Å². The van der Waals surface area contributed by atoms with Crippen LogP contribution in [0.1, 0.15) is 17.3 Å². The molecule has 1 atom stereocenters. The van der Waals surface area contributed by atoms with E-state index in [1.54, 1.807) is 19.1 Å². The maximum atomic E-state index is 11.5.